The van der Waals surface area contributed by atoms with Crippen molar-refractivity contribution in [3.05, 3.63) is 72.9 Å². The minimum Gasteiger partial charge on any atom is -0.394 e. The third-order valence-electron chi connectivity index (χ3n) is 22.8. The van der Waals surface area contributed by atoms with Crippen LogP contribution in [0.5, 0.6) is 0 Å². The first-order chi connectivity index (χ1) is 54.8. The molecule has 0 spiro atoms. The molecule has 0 aliphatic carbocycles. The van der Waals surface area contributed by atoms with E-state index in [0.29, 0.717) is 6.42 Å². The predicted molar refractivity (Wildman–Crippen MR) is 452 cm³/mol. The van der Waals surface area contributed by atoms with Gasteiger partial charge in [0.1, 0.15) is 73.2 Å². The maximum Gasteiger partial charge on any atom is 0.220 e. The molecule has 112 heavy (non-hydrogen) atoms. The van der Waals surface area contributed by atoms with Crippen molar-refractivity contribution in [3.63, 3.8) is 0 Å². The molecule has 654 valence electrons. The Balaban J connectivity index is 1.30. The van der Waals surface area contributed by atoms with E-state index in [2.05, 4.69) is 79.9 Å². The molecule has 3 heterocycles. The molecule has 3 saturated heterocycles. The molecule has 19 nitrogen and oxygen atoms in total. The van der Waals surface area contributed by atoms with Crippen LogP contribution >= 0.6 is 0 Å². The number of amides is 1. The van der Waals surface area contributed by atoms with Crippen LogP contribution in [0.4, 0.5) is 0 Å². The van der Waals surface area contributed by atoms with E-state index < -0.39 is 124 Å². The topological polar surface area (TPSA) is 307 Å². The Hall–Kier alpha value is -2.77. The van der Waals surface area contributed by atoms with Gasteiger partial charge in [0.05, 0.1) is 38.6 Å². The molecule has 3 fully saturated rings. The number of nitrogens with one attached hydrogen (secondary N) is 1. The highest BCUT2D eigenvalue weighted by molar-refractivity contribution is 5.76. The quantitative estimate of drug-likeness (QED) is 0.0199. The molecule has 17 atom stereocenters. The molecule has 0 bridgehead atoms. The van der Waals surface area contributed by atoms with Gasteiger partial charge in [-0.15, -0.1) is 0 Å². The van der Waals surface area contributed by atoms with Gasteiger partial charge in [-0.3, -0.25) is 4.79 Å². The molecule has 0 aromatic heterocycles. The summed E-state index contributed by atoms with van der Waals surface area (Å²) in [5.41, 5.74) is 0. The van der Waals surface area contributed by atoms with Gasteiger partial charge >= 0.3 is 0 Å². The highest BCUT2D eigenvalue weighted by atomic mass is 16.8. The van der Waals surface area contributed by atoms with E-state index in [4.69, 9.17) is 28.4 Å². The summed E-state index contributed by atoms with van der Waals surface area (Å²) in [4.78, 5) is 13.5. The second-order valence-corrected chi connectivity index (χ2v) is 32.7. The lowest BCUT2D eigenvalue weighted by Gasteiger charge is -2.48. The van der Waals surface area contributed by atoms with Crippen LogP contribution in [0.3, 0.4) is 0 Å². The molecule has 0 aromatic rings. The molecular formula is C93H169NO18. The van der Waals surface area contributed by atoms with Gasteiger partial charge in [0.25, 0.3) is 0 Å². The number of ether oxygens (including phenoxy) is 6. The van der Waals surface area contributed by atoms with E-state index in [0.717, 1.165) is 77.0 Å². The summed E-state index contributed by atoms with van der Waals surface area (Å²) in [6.07, 6.45) is 70.6. The highest BCUT2D eigenvalue weighted by Gasteiger charge is 2.54. The number of carbonyl (C=O) groups excluding carboxylic acids is 1. The second-order valence-electron chi connectivity index (χ2n) is 32.7. The molecule has 17 unspecified atom stereocenters. The van der Waals surface area contributed by atoms with Gasteiger partial charge in [-0.05, 0) is 64.2 Å². The van der Waals surface area contributed by atoms with Crippen LogP contribution in [0.15, 0.2) is 72.9 Å². The number of aliphatic hydroxyl groups is 11. The molecule has 3 rings (SSSR count). The minimum absolute atomic E-state index is 0.246. The summed E-state index contributed by atoms with van der Waals surface area (Å²) in [6, 6.07) is -0.976. The van der Waals surface area contributed by atoms with Gasteiger partial charge in [0.2, 0.25) is 5.91 Å². The van der Waals surface area contributed by atoms with Crippen LogP contribution in [0, 0.1) is 0 Å². The number of allylic oxidation sites excluding steroid dienone is 11. The first-order valence-corrected chi connectivity index (χ1v) is 46.2. The number of carbonyl (C=O) groups is 1. The minimum atomic E-state index is -1.98. The third kappa shape index (κ3) is 50.2. The first-order valence-electron chi connectivity index (χ1n) is 46.2. The average Bonchev–Trinajstić information content (AvgIpc) is 0.780. The monoisotopic (exact) mass is 1590 g/mol. The molecule has 12 N–H and O–H groups in total. The Morgan fingerprint density at radius 1 is 0.330 bits per heavy atom. The van der Waals surface area contributed by atoms with E-state index in [9.17, 15) is 61.0 Å². The predicted octanol–water partition coefficient (Wildman–Crippen LogP) is 17.9. The Labute approximate surface area is 680 Å². The SMILES string of the molecule is CC/C=C\C/C=C\C/C=C\C/C=C\C/C=C\CCCCCCCCCCCCCCCCCCCCCCCCCC(=O)NC(COC1OC(CO)C(OC2OC(CO)C(OC3OC(CO)C(O)C(O)C3O)C(O)C2O)C(O)C1O)C(O)/C=C/CCCCCCCCCCCCCCCCCCCCCCCCCCCC. The van der Waals surface area contributed by atoms with E-state index >= 15 is 0 Å². The number of unbranched alkanes of at least 4 members (excludes halogenated alkanes) is 49. The van der Waals surface area contributed by atoms with Crippen LogP contribution in [-0.4, -0.2) is 193 Å². The normalized spacial score (nSPS) is 25.2. The molecular weight excluding hydrogens is 1420 g/mol. The van der Waals surface area contributed by atoms with Crippen LogP contribution < -0.4 is 5.32 Å². The summed E-state index contributed by atoms with van der Waals surface area (Å²) >= 11 is 0. The molecule has 19 heteroatoms. The standard InChI is InChI=1S/C93H169NO18/c1-3-5-7-9-11-13-15-17-19-21-23-25-27-29-31-33-34-35-36-37-38-39-40-41-42-43-45-47-49-51-53-55-57-59-61-63-65-67-69-71-81(99)94-76(77(98)70-68-66-64-62-60-58-56-54-52-50-48-46-44-32-30-28-26-24-22-20-18-16-14-12-10-8-6-4-2)75-107-91-87(105)84(102)89(79(73-96)109-91)112-93-88(106)85(103)90(80(74-97)110-93)111-92-86(104)83(101)82(100)78(72-95)108-92/h5,7,11,13,17,19,23,25,29,31,68,70,76-80,82-93,95-98,100-106H,3-4,6,8-10,12,14-16,18,20-22,24,26-28,30,32-67,69,71-75H2,1-2H3,(H,94,99)/b7-5-,13-11-,19-17-,25-23-,31-29-,70-68+. The van der Waals surface area contributed by atoms with Crippen molar-refractivity contribution in [3.8, 4) is 0 Å². The Morgan fingerprint density at radius 3 is 0.964 bits per heavy atom. The van der Waals surface area contributed by atoms with E-state index in [-0.39, 0.29) is 18.9 Å². The zero-order chi connectivity index (χ0) is 81.0. The van der Waals surface area contributed by atoms with Crippen molar-refractivity contribution in [2.45, 2.75) is 484 Å². The Kier molecular flexibility index (Phi) is 66.7. The van der Waals surface area contributed by atoms with Gasteiger partial charge in [0, 0.05) is 6.42 Å². The van der Waals surface area contributed by atoms with Crippen molar-refractivity contribution in [1.29, 1.82) is 0 Å². The highest BCUT2D eigenvalue weighted by Crippen LogP contribution is 2.34. The zero-order valence-corrected chi connectivity index (χ0v) is 70.7. The van der Waals surface area contributed by atoms with Gasteiger partial charge < -0.3 is 89.9 Å². The van der Waals surface area contributed by atoms with Crippen LogP contribution in [0.1, 0.15) is 380 Å². The van der Waals surface area contributed by atoms with Gasteiger partial charge in [-0.25, -0.2) is 0 Å². The molecule has 3 aliphatic rings. The fourth-order valence-corrected chi connectivity index (χ4v) is 15.5. The summed E-state index contributed by atoms with van der Waals surface area (Å²) < 4.78 is 34.5. The van der Waals surface area contributed by atoms with Gasteiger partial charge in [-0.2, -0.15) is 0 Å². The van der Waals surface area contributed by atoms with Crippen molar-refractivity contribution in [1.82, 2.24) is 5.32 Å². The largest absolute Gasteiger partial charge is 0.394 e. The van der Waals surface area contributed by atoms with Gasteiger partial charge in [0.15, 0.2) is 18.9 Å². The van der Waals surface area contributed by atoms with Crippen molar-refractivity contribution >= 4 is 5.91 Å². The van der Waals surface area contributed by atoms with E-state index in [1.165, 1.54) is 276 Å². The fraction of sp³-hybridized carbons (Fsp3) is 0.860. The van der Waals surface area contributed by atoms with E-state index in [1.807, 2.05) is 6.08 Å². The number of hydrogen-bond donors (Lipinski definition) is 12. The average molecular weight is 1590 g/mol. The molecule has 1 amide bonds. The zero-order valence-electron chi connectivity index (χ0n) is 70.7. The second kappa shape index (κ2) is 72.3. The molecule has 3 aliphatic heterocycles. The maximum absolute atomic E-state index is 13.5. The van der Waals surface area contributed by atoms with E-state index in [1.54, 1.807) is 6.08 Å². The lowest BCUT2D eigenvalue weighted by molar-refractivity contribution is -0.379. The van der Waals surface area contributed by atoms with Crippen LogP contribution in [0.2, 0.25) is 0 Å². The first kappa shape index (κ1) is 103. The van der Waals surface area contributed by atoms with Crippen molar-refractivity contribution < 1.29 is 89.4 Å². The number of aliphatic hydroxyl groups excluding tert-OH is 11. The van der Waals surface area contributed by atoms with Crippen LogP contribution in [-0.2, 0) is 33.2 Å². The van der Waals surface area contributed by atoms with Gasteiger partial charge in [-0.1, -0.05) is 382 Å². The smallest absolute Gasteiger partial charge is 0.220 e. The van der Waals surface area contributed by atoms with Crippen LogP contribution in [0.25, 0.3) is 0 Å². The fourth-order valence-electron chi connectivity index (χ4n) is 15.5. The molecule has 0 radical (unpaired) electrons. The Bertz CT molecular complexity index is 2300. The summed E-state index contributed by atoms with van der Waals surface area (Å²) in [5, 5.41) is 121. The third-order valence-corrected chi connectivity index (χ3v) is 22.8. The summed E-state index contributed by atoms with van der Waals surface area (Å²) in [6.45, 7) is 1.68. The lowest BCUT2D eigenvalue weighted by atomic mass is 9.96. The maximum atomic E-state index is 13.5. The number of rotatable bonds is 75. The summed E-state index contributed by atoms with van der Waals surface area (Å²) in [7, 11) is 0. The molecule has 0 saturated carbocycles. The molecule has 0 aromatic carbocycles. The van der Waals surface area contributed by atoms with Crippen molar-refractivity contribution in [2.24, 2.45) is 0 Å². The Morgan fingerprint density at radius 2 is 0.616 bits per heavy atom. The summed E-state index contributed by atoms with van der Waals surface area (Å²) in [5.74, 6) is -0.268. The van der Waals surface area contributed by atoms with Crippen molar-refractivity contribution in [2.75, 3.05) is 26.4 Å². The lowest BCUT2D eigenvalue weighted by Crippen LogP contribution is -2.66. The number of hydrogen-bond acceptors (Lipinski definition) is 18.